The van der Waals surface area contributed by atoms with Crippen molar-refractivity contribution in [1.82, 2.24) is 5.32 Å². The van der Waals surface area contributed by atoms with Crippen molar-refractivity contribution in [1.29, 1.82) is 0 Å². The molecule has 0 aliphatic heterocycles. The molecule has 0 radical (unpaired) electrons. The van der Waals surface area contributed by atoms with Crippen molar-refractivity contribution in [3.05, 3.63) is 0 Å². The summed E-state index contributed by atoms with van der Waals surface area (Å²) >= 11 is 0. The van der Waals surface area contributed by atoms with Gasteiger partial charge in [-0.1, -0.05) is 26.7 Å². The first-order valence-corrected chi connectivity index (χ1v) is 5.76. The summed E-state index contributed by atoms with van der Waals surface area (Å²) in [4.78, 5) is 22.0. The molecule has 0 fully saturated rings. The number of carboxylic acid groups (broad SMARTS) is 1. The molecule has 0 aliphatic carbocycles. The smallest absolute Gasteiger partial charge is 0.303 e. The van der Waals surface area contributed by atoms with Crippen LogP contribution in [0.1, 0.15) is 39.5 Å². The third-order valence-electron chi connectivity index (χ3n) is 2.54. The van der Waals surface area contributed by atoms with Crippen LogP contribution in [0.5, 0.6) is 0 Å². The Labute approximate surface area is 96.4 Å². The van der Waals surface area contributed by atoms with E-state index in [2.05, 4.69) is 5.32 Å². The first-order valence-electron chi connectivity index (χ1n) is 5.76. The number of amides is 1. The molecule has 0 heterocycles. The number of hydrogen-bond donors (Lipinski definition) is 3. The lowest BCUT2D eigenvalue weighted by molar-refractivity contribution is -0.138. The quantitative estimate of drug-likeness (QED) is 0.573. The van der Waals surface area contributed by atoms with Crippen LogP contribution in [0.2, 0.25) is 0 Å². The minimum absolute atomic E-state index is 0.0183. The molecule has 2 atom stereocenters. The molecule has 0 aromatic rings. The van der Waals surface area contributed by atoms with Crippen LogP contribution in [0, 0.1) is 5.92 Å². The van der Waals surface area contributed by atoms with Crippen molar-refractivity contribution in [3.8, 4) is 0 Å². The molecule has 5 heteroatoms. The zero-order chi connectivity index (χ0) is 12.6. The Balaban J connectivity index is 3.91. The Kier molecular flexibility index (Phi) is 7.54. The van der Waals surface area contributed by atoms with E-state index in [1.54, 1.807) is 0 Å². The minimum atomic E-state index is -0.834. The van der Waals surface area contributed by atoms with E-state index < -0.39 is 12.0 Å². The maximum absolute atomic E-state index is 11.5. The van der Waals surface area contributed by atoms with E-state index in [-0.39, 0.29) is 18.2 Å². The van der Waals surface area contributed by atoms with Crippen LogP contribution < -0.4 is 11.1 Å². The highest BCUT2D eigenvalue weighted by Crippen LogP contribution is 2.06. The lowest BCUT2D eigenvalue weighted by Crippen LogP contribution is -2.42. The van der Waals surface area contributed by atoms with Crippen LogP contribution in [0.3, 0.4) is 0 Å². The monoisotopic (exact) mass is 230 g/mol. The molecule has 94 valence electrons. The number of rotatable bonds is 8. The van der Waals surface area contributed by atoms with E-state index in [4.69, 9.17) is 10.8 Å². The van der Waals surface area contributed by atoms with Gasteiger partial charge in [-0.2, -0.15) is 0 Å². The maximum atomic E-state index is 11.5. The van der Waals surface area contributed by atoms with Crippen LogP contribution in [0.15, 0.2) is 0 Å². The van der Waals surface area contributed by atoms with Gasteiger partial charge in [-0.25, -0.2) is 0 Å². The first-order chi connectivity index (χ1) is 7.51. The van der Waals surface area contributed by atoms with Crippen molar-refractivity contribution in [2.24, 2.45) is 11.7 Å². The van der Waals surface area contributed by atoms with E-state index >= 15 is 0 Å². The largest absolute Gasteiger partial charge is 0.481 e. The molecule has 4 N–H and O–H groups in total. The van der Waals surface area contributed by atoms with Gasteiger partial charge in [0.15, 0.2) is 0 Å². The van der Waals surface area contributed by atoms with Crippen molar-refractivity contribution in [3.63, 3.8) is 0 Å². The number of carboxylic acids is 1. The van der Waals surface area contributed by atoms with Gasteiger partial charge in [0, 0.05) is 13.0 Å². The Morgan fingerprint density at radius 3 is 2.44 bits per heavy atom. The lowest BCUT2D eigenvalue weighted by Gasteiger charge is -2.16. The molecule has 1 unspecified atom stereocenters. The van der Waals surface area contributed by atoms with Gasteiger partial charge in [0.05, 0.1) is 6.04 Å². The predicted octanol–water partition coefficient (Wildman–Crippen LogP) is 0.731. The molecule has 5 nitrogen and oxygen atoms in total. The van der Waals surface area contributed by atoms with Crippen molar-refractivity contribution >= 4 is 11.9 Å². The minimum Gasteiger partial charge on any atom is -0.481 e. The van der Waals surface area contributed by atoms with Gasteiger partial charge in [-0.05, 0) is 12.3 Å². The number of nitrogens with two attached hydrogens (primary N) is 1. The Morgan fingerprint density at radius 1 is 1.38 bits per heavy atom. The van der Waals surface area contributed by atoms with Crippen molar-refractivity contribution < 1.29 is 14.7 Å². The summed E-state index contributed by atoms with van der Waals surface area (Å²) in [6.45, 7) is 4.26. The summed E-state index contributed by atoms with van der Waals surface area (Å²) in [6.07, 6.45) is 2.33. The molecular weight excluding hydrogens is 208 g/mol. The second-order valence-corrected chi connectivity index (χ2v) is 4.01. The molecule has 16 heavy (non-hydrogen) atoms. The van der Waals surface area contributed by atoms with Gasteiger partial charge in [0.25, 0.3) is 0 Å². The Bertz CT molecular complexity index is 231. The van der Waals surface area contributed by atoms with Gasteiger partial charge in [-0.15, -0.1) is 0 Å². The van der Waals surface area contributed by atoms with Gasteiger partial charge in [0.2, 0.25) is 5.91 Å². The first kappa shape index (κ1) is 14.9. The summed E-state index contributed by atoms with van der Waals surface area (Å²) in [5.41, 5.74) is 5.63. The zero-order valence-electron chi connectivity index (χ0n) is 10.0. The number of hydrogen-bond acceptors (Lipinski definition) is 3. The summed E-state index contributed by atoms with van der Waals surface area (Å²) in [5.74, 6) is -1.04. The standard InChI is InChI=1S/C11H22N2O3/c1-3-5-9(12)11(16)13-7-8(4-2)6-10(14)15/h8-9H,3-7,12H2,1-2H3,(H,13,16)(H,14,15)/t8?,9-/m0/s1. The average molecular weight is 230 g/mol. The topological polar surface area (TPSA) is 92.4 Å². The van der Waals surface area contributed by atoms with Gasteiger partial charge in [0.1, 0.15) is 0 Å². The van der Waals surface area contributed by atoms with Crippen LogP contribution in [-0.4, -0.2) is 29.6 Å². The van der Waals surface area contributed by atoms with E-state index in [9.17, 15) is 9.59 Å². The van der Waals surface area contributed by atoms with E-state index in [1.165, 1.54) is 0 Å². The highest BCUT2D eigenvalue weighted by atomic mass is 16.4. The van der Waals surface area contributed by atoms with Crippen LogP contribution in [0.4, 0.5) is 0 Å². The van der Waals surface area contributed by atoms with Gasteiger partial charge < -0.3 is 16.2 Å². The molecular formula is C11H22N2O3. The highest BCUT2D eigenvalue weighted by Gasteiger charge is 2.15. The SMILES string of the molecule is CCC[C@H](N)C(=O)NCC(CC)CC(=O)O. The summed E-state index contributed by atoms with van der Waals surface area (Å²) in [7, 11) is 0. The number of carbonyl (C=O) groups excluding carboxylic acids is 1. The van der Waals surface area contributed by atoms with Crippen LogP contribution in [0.25, 0.3) is 0 Å². The lowest BCUT2D eigenvalue weighted by atomic mass is 10.0. The fourth-order valence-corrected chi connectivity index (χ4v) is 1.43. The molecule has 0 saturated carbocycles. The number of aliphatic carboxylic acids is 1. The fourth-order valence-electron chi connectivity index (χ4n) is 1.43. The van der Waals surface area contributed by atoms with E-state index in [0.717, 1.165) is 12.8 Å². The molecule has 0 aromatic heterocycles. The van der Waals surface area contributed by atoms with Crippen LogP contribution >= 0.6 is 0 Å². The van der Waals surface area contributed by atoms with Crippen molar-refractivity contribution in [2.75, 3.05) is 6.54 Å². The number of nitrogens with one attached hydrogen (secondary N) is 1. The molecule has 0 spiro atoms. The van der Waals surface area contributed by atoms with Crippen molar-refractivity contribution in [2.45, 2.75) is 45.6 Å². The molecule has 0 aliphatic rings. The Morgan fingerprint density at radius 2 is 2.00 bits per heavy atom. The summed E-state index contributed by atoms with van der Waals surface area (Å²) in [5, 5.41) is 11.3. The van der Waals surface area contributed by atoms with E-state index in [0.29, 0.717) is 13.0 Å². The molecule has 1 amide bonds. The highest BCUT2D eigenvalue weighted by molar-refractivity contribution is 5.81. The van der Waals surface area contributed by atoms with Crippen LogP contribution in [-0.2, 0) is 9.59 Å². The third-order valence-corrected chi connectivity index (χ3v) is 2.54. The zero-order valence-corrected chi connectivity index (χ0v) is 10.0. The molecule has 0 rings (SSSR count). The summed E-state index contributed by atoms with van der Waals surface area (Å²) < 4.78 is 0. The second kappa shape index (κ2) is 8.10. The fraction of sp³-hybridized carbons (Fsp3) is 0.818. The Hall–Kier alpha value is -1.10. The van der Waals surface area contributed by atoms with Gasteiger partial charge >= 0.3 is 5.97 Å². The average Bonchev–Trinajstić information content (AvgIpc) is 2.23. The number of carbonyl (C=O) groups is 2. The van der Waals surface area contributed by atoms with E-state index in [1.807, 2.05) is 13.8 Å². The molecule has 0 saturated heterocycles. The predicted molar refractivity (Wildman–Crippen MR) is 61.9 cm³/mol. The normalized spacial score (nSPS) is 14.2. The summed E-state index contributed by atoms with van der Waals surface area (Å²) in [6, 6.07) is -0.479. The molecule has 0 aromatic carbocycles. The molecule has 0 bridgehead atoms. The second-order valence-electron chi connectivity index (χ2n) is 4.01. The maximum Gasteiger partial charge on any atom is 0.303 e. The van der Waals surface area contributed by atoms with Gasteiger partial charge in [-0.3, -0.25) is 9.59 Å². The third kappa shape index (κ3) is 6.40.